The topological polar surface area (TPSA) is 41.4 Å². The summed E-state index contributed by atoms with van der Waals surface area (Å²) in [5, 5.41) is 1.34. The van der Waals surface area contributed by atoms with E-state index in [1.54, 1.807) is 13.1 Å². The molecule has 1 fully saturated rings. The summed E-state index contributed by atoms with van der Waals surface area (Å²) in [6.45, 7) is 8.43. The number of hydrogen-bond acceptors (Lipinski definition) is 3. The predicted molar refractivity (Wildman–Crippen MR) is 116 cm³/mol. The van der Waals surface area contributed by atoms with Crippen molar-refractivity contribution in [2.24, 2.45) is 0 Å². The van der Waals surface area contributed by atoms with Crippen molar-refractivity contribution in [3.8, 4) is 0 Å². The Kier molecular flexibility index (Phi) is 5.95. The molecule has 5 heteroatoms. The molecule has 0 N–H and O–H groups in total. The quantitative estimate of drug-likeness (QED) is 0.637. The molecule has 1 aliphatic rings. The van der Waals surface area contributed by atoms with Crippen LogP contribution in [0.2, 0.25) is 0 Å². The molecule has 1 aromatic carbocycles. The van der Waals surface area contributed by atoms with E-state index in [4.69, 9.17) is 0 Å². The van der Waals surface area contributed by atoms with Crippen LogP contribution in [0.4, 0.5) is 0 Å². The second-order valence-electron chi connectivity index (χ2n) is 8.00. The first kappa shape index (κ1) is 19.6. The van der Waals surface area contributed by atoms with Gasteiger partial charge in [0.25, 0.3) is 0 Å². The van der Waals surface area contributed by atoms with Crippen LogP contribution in [0.3, 0.4) is 0 Å². The fraction of sp³-hybridized carbons (Fsp3) is 0.417. The second kappa shape index (κ2) is 8.78. The Morgan fingerprint density at radius 2 is 2.10 bits per heavy atom. The highest BCUT2D eigenvalue weighted by Gasteiger charge is 2.27. The van der Waals surface area contributed by atoms with Gasteiger partial charge in [0.2, 0.25) is 5.91 Å². The molecule has 3 aromatic rings. The fourth-order valence-electron chi connectivity index (χ4n) is 4.57. The van der Waals surface area contributed by atoms with Crippen molar-refractivity contribution < 1.29 is 4.79 Å². The molecule has 152 valence electrons. The van der Waals surface area contributed by atoms with Crippen molar-refractivity contribution in [1.29, 1.82) is 0 Å². The van der Waals surface area contributed by atoms with Crippen molar-refractivity contribution in [2.45, 2.75) is 52.4 Å². The Bertz CT molecular complexity index is 965. The van der Waals surface area contributed by atoms with Crippen LogP contribution in [0.25, 0.3) is 10.9 Å². The fourth-order valence-corrected chi connectivity index (χ4v) is 4.57. The molecule has 0 spiro atoms. The van der Waals surface area contributed by atoms with Crippen LogP contribution in [0.15, 0.2) is 55.0 Å². The van der Waals surface area contributed by atoms with Crippen LogP contribution in [0, 0.1) is 0 Å². The van der Waals surface area contributed by atoms with Crippen LogP contribution >= 0.6 is 0 Å². The van der Waals surface area contributed by atoms with Gasteiger partial charge < -0.3 is 9.47 Å². The molecule has 1 atom stereocenters. The van der Waals surface area contributed by atoms with Gasteiger partial charge >= 0.3 is 0 Å². The number of nitrogens with zero attached hydrogens (tertiary/aromatic N) is 4. The van der Waals surface area contributed by atoms with E-state index < -0.39 is 0 Å². The first-order valence-electron chi connectivity index (χ1n) is 10.6. The zero-order valence-corrected chi connectivity index (χ0v) is 17.4. The molecule has 4 rings (SSSR count). The maximum absolute atomic E-state index is 12.4. The van der Waals surface area contributed by atoms with E-state index in [2.05, 4.69) is 51.8 Å². The molecule has 0 aliphatic carbocycles. The second-order valence-corrected chi connectivity index (χ2v) is 8.00. The Labute approximate surface area is 172 Å². The summed E-state index contributed by atoms with van der Waals surface area (Å²) >= 11 is 0. The number of likely N-dealkylation sites (tertiary alicyclic amines) is 1. The van der Waals surface area contributed by atoms with Gasteiger partial charge in [-0.2, -0.15) is 0 Å². The highest BCUT2D eigenvalue weighted by Crippen LogP contribution is 2.25. The number of piperidine rings is 1. The number of benzene rings is 1. The molecule has 29 heavy (non-hydrogen) atoms. The summed E-state index contributed by atoms with van der Waals surface area (Å²) in [6.07, 6.45) is 8.11. The normalized spacial score (nSPS) is 17.5. The molecule has 5 nitrogen and oxygen atoms in total. The minimum absolute atomic E-state index is 0.142. The van der Waals surface area contributed by atoms with E-state index in [1.807, 2.05) is 23.2 Å². The van der Waals surface area contributed by atoms with Gasteiger partial charge in [0, 0.05) is 68.6 Å². The smallest absolute Gasteiger partial charge is 0.220 e. The lowest BCUT2D eigenvalue weighted by Gasteiger charge is -2.39. The van der Waals surface area contributed by atoms with Gasteiger partial charge in [-0.15, -0.1) is 0 Å². The first-order chi connectivity index (χ1) is 14.2. The average molecular weight is 391 g/mol. The first-order valence-corrected chi connectivity index (χ1v) is 10.6. The molecule has 0 bridgehead atoms. The molecule has 3 heterocycles. The number of pyridine rings is 1. The minimum atomic E-state index is 0.142. The molecule has 1 unspecified atom stereocenters. The number of aryl methyl sites for hydroxylation is 1. The molecule has 1 aliphatic heterocycles. The summed E-state index contributed by atoms with van der Waals surface area (Å²) in [5.74, 6) is 0.142. The summed E-state index contributed by atoms with van der Waals surface area (Å²) in [7, 11) is 0. The monoisotopic (exact) mass is 390 g/mol. The van der Waals surface area contributed by atoms with Gasteiger partial charge in [-0.05, 0) is 49.6 Å². The largest absolute Gasteiger partial charge is 0.347 e. The third kappa shape index (κ3) is 4.35. The van der Waals surface area contributed by atoms with Gasteiger partial charge in [-0.25, -0.2) is 0 Å². The van der Waals surface area contributed by atoms with Crippen molar-refractivity contribution in [1.82, 2.24) is 19.4 Å². The molecule has 0 saturated carbocycles. The third-order valence-electron chi connectivity index (χ3n) is 6.01. The Morgan fingerprint density at radius 1 is 1.24 bits per heavy atom. The Morgan fingerprint density at radius 3 is 2.86 bits per heavy atom. The van der Waals surface area contributed by atoms with Crippen LogP contribution in [-0.2, 0) is 24.4 Å². The number of amides is 1. The summed E-state index contributed by atoms with van der Waals surface area (Å²) in [6, 6.07) is 12.9. The summed E-state index contributed by atoms with van der Waals surface area (Å²) in [4.78, 5) is 21.2. The number of aromatic nitrogens is 2. The molecule has 1 amide bonds. The van der Waals surface area contributed by atoms with Crippen LogP contribution in [0.5, 0.6) is 0 Å². The van der Waals surface area contributed by atoms with Gasteiger partial charge in [0.1, 0.15) is 0 Å². The van der Waals surface area contributed by atoms with Crippen LogP contribution in [0.1, 0.15) is 37.8 Å². The third-order valence-corrected chi connectivity index (χ3v) is 6.01. The molecular weight excluding hydrogens is 360 g/mol. The number of fused-ring (bicyclic) bond motifs is 1. The van der Waals surface area contributed by atoms with E-state index in [1.165, 1.54) is 16.5 Å². The summed E-state index contributed by atoms with van der Waals surface area (Å²) in [5.41, 5.74) is 3.77. The van der Waals surface area contributed by atoms with E-state index in [-0.39, 0.29) is 11.9 Å². The van der Waals surface area contributed by atoms with Crippen LogP contribution < -0.4 is 0 Å². The van der Waals surface area contributed by atoms with Crippen molar-refractivity contribution in [3.63, 3.8) is 0 Å². The Hall–Kier alpha value is -2.66. The van der Waals surface area contributed by atoms with Gasteiger partial charge in [0.15, 0.2) is 0 Å². The van der Waals surface area contributed by atoms with Crippen molar-refractivity contribution in [3.05, 3.63) is 66.1 Å². The molecule has 0 radical (unpaired) electrons. The summed E-state index contributed by atoms with van der Waals surface area (Å²) < 4.78 is 2.33. The number of para-hydroxylation sites is 1. The van der Waals surface area contributed by atoms with Gasteiger partial charge in [0.05, 0.1) is 0 Å². The predicted octanol–water partition coefficient (Wildman–Crippen LogP) is 4.07. The minimum Gasteiger partial charge on any atom is -0.347 e. The SMILES string of the molecule is CCn1cc(CN2CCCC(N(Cc3cccnc3)C(C)=O)C2)c2ccccc21. The van der Waals surface area contributed by atoms with E-state index in [0.29, 0.717) is 6.54 Å². The van der Waals surface area contributed by atoms with E-state index in [0.717, 1.165) is 44.6 Å². The zero-order chi connectivity index (χ0) is 20.2. The number of carbonyl (C=O) groups is 1. The molecule has 2 aromatic heterocycles. The zero-order valence-electron chi connectivity index (χ0n) is 17.4. The Balaban J connectivity index is 1.50. The lowest BCUT2D eigenvalue weighted by molar-refractivity contribution is -0.133. The lowest BCUT2D eigenvalue weighted by Crippen LogP contribution is -2.49. The number of carbonyl (C=O) groups excluding carboxylic acids is 1. The maximum Gasteiger partial charge on any atom is 0.220 e. The van der Waals surface area contributed by atoms with Gasteiger partial charge in [-0.1, -0.05) is 24.3 Å². The number of rotatable bonds is 6. The van der Waals surface area contributed by atoms with E-state index >= 15 is 0 Å². The van der Waals surface area contributed by atoms with E-state index in [9.17, 15) is 4.79 Å². The molecular formula is C24H30N4O. The van der Waals surface area contributed by atoms with Crippen LogP contribution in [-0.4, -0.2) is 44.4 Å². The highest BCUT2D eigenvalue weighted by atomic mass is 16.2. The maximum atomic E-state index is 12.4. The standard InChI is InChI=1S/C24H30N4O/c1-3-27-17-21(23-10-4-5-11-24(23)27)16-26-13-7-9-22(18-26)28(19(2)29)15-20-8-6-12-25-14-20/h4-6,8,10-12,14,17,22H,3,7,9,13,15-16,18H2,1-2H3. The lowest BCUT2D eigenvalue weighted by atomic mass is 10.0. The van der Waals surface area contributed by atoms with Crippen molar-refractivity contribution in [2.75, 3.05) is 13.1 Å². The van der Waals surface area contributed by atoms with Gasteiger partial charge in [-0.3, -0.25) is 14.7 Å². The number of hydrogen-bond donors (Lipinski definition) is 0. The van der Waals surface area contributed by atoms with Crippen molar-refractivity contribution >= 4 is 16.8 Å². The average Bonchev–Trinajstić information content (AvgIpc) is 3.10. The highest BCUT2D eigenvalue weighted by molar-refractivity contribution is 5.84. The molecule has 1 saturated heterocycles.